The van der Waals surface area contributed by atoms with Gasteiger partial charge < -0.3 is 25.5 Å². The number of thiazole rings is 1. The Morgan fingerprint density at radius 3 is 2.46 bits per heavy atom. The number of halogens is 1. The molecular formula is C16H20ClN3O5S. The molecule has 0 aliphatic carbocycles. The van der Waals surface area contributed by atoms with Crippen molar-refractivity contribution < 1.29 is 25.5 Å². The number of hydrazone groups is 1. The number of aromatic nitrogens is 1. The van der Waals surface area contributed by atoms with Crippen molar-refractivity contribution in [3.8, 4) is 11.3 Å². The zero-order valence-corrected chi connectivity index (χ0v) is 15.4. The van der Waals surface area contributed by atoms with E-state index in [0.717, 1.165) is 17.5 Å². The highest BCUT2D eigenvalue weighted by atomic mass is 35.5. The molecule has 1 aromatic carbocycles. The minimum Gasteiger partial charge on any atom is -0.394 e. The molecular weight excluding hydrogens is 382 g/mol. The summed E-state index contributed by atoms with van der Waals surface area (Å²) in [5, 5.41) is 55.6. The minimum absolute atomic E-state index is 0.545. The van der Waals surface area contributed by atoms with Crippen molar-refractivity contribution in [3.63, 3.8) is 0 Å². The lowest BCUT2D eigenvalue weighted by molar-refractivity contribution is -0.0999. The maximum Gasteiger partial charge on any atom is 0.206 e. The van der Waals surface area contributed by atoms with Crippen LogP contribution in [0.1, 0.15) is 0 Å². The summed E-state index contributed by atoms with van der Waals surface area (Å²) < 4.78 is 0. The second-order valence-corrected chi connectivity index (χ2v) is 6.81. The van der Waals surface area contributed by atoms with Gasteiger partial charge in [-0.05, 0) is 12.1 Å². The van der Waals surface area contributed by atoms with Crippen LogP contribution in [-0.2, 0) is 0 Å². The molecule has 0 amide bonds. The van der Waals surface area contributed by atoms with Gasteiger partial charge in [-0.2, -0.15) is 5.10 Å². The molecule has 0 saturated carbocycles. The van der Waals surface area contributed by atoms with Crippen LogP contribution in [0.25, 0.3) is 11.3 Å². The molecule has 0 fully saturated rings. The first-order valence-electron chi connectivity index (χ1n) is 7.66. The van der Waals surface area contributed by atoms with Crippen molar-refractivity contribution in [1.82, 2.24) is 4.98 Å². The third-order valence-electron chi connectivity index (χ3n) is 3.58. The van der Waals surface area contributed by atoms with Crippen molar-refractivity contribution in [2.75, 3.05) is 18.7 Å². The molecule has 4 atom stereocenters. The summed E-state index contributed by atoms with van der Waals surface area (Å²) in [6.45, 7) is -0.741. The third-order valence-corrected chi connectivity index (χ3v) is 4.74. The van der Waals surface area contributed by atoms with E-state index in [1.165, 1.54) is 16.3 Å². The number of hydrogen-bond acceptors (Lipinski definition) is 9. The summed E-state index contributed by atoms with van der Waals surface area (Å²) >= 11 is 7.20. The third kappa shape index (κ3) is 5.21. The van der Waals surface area contributed by atoms with Crippen LogP contribution in [0.4, 0.5) is 5.13 Å². The van der Waals surface area contributed by atoms with E-state index in [2.05, 4.69) is 10.1 Å². The number of benzene rings is 1. The lowest BCUT2D eigenvalue weighted by Gasteiger charge is -2.23. The molecule has 0 spiro atoms. The van der Waals surface area contributed by atoms with Crippen LogP contribution in [-0.4, -0.2) is 74.8 Å². The Balaban J connectivity index is 2.02. The normalized spacial score (nSPS) is 16.4. The molecule has 8 nitrogen and oxygen atoms in total. The van der Waals surface area contributed by atoms with Crippen LogP contribution in [0.5, 0.6) is 0 Å². The average Bonchev–Trinajstić information content (AvgIpc) is 3.14. The van der Waals surface area contributed by atoms with Crippen molar-refractivity contribution in [1.29, 1.82) is 0 Å². The Kier molecular flexibility index (Phi) is 7.47. The molecule has 0 aliphatic heterocycles. The number of aliphatic hydroxyl groups is 5. The van der Waals surface area contributed by atoms with Gasteiger partial charge in [-0.15, -0.1) is 11.3 Å². The molecule has 142 valence electrons. The van der Waals surface area contributed by atoms with E-state index in [1.807, 2.05) is 17.5 Å². The predicted octanol–water partition coefficient (Wildman–Crippen LogP) is 0.321. The van der Waals surface area contributed by atoms with Crippen LogP contribution < -0.4 is 5.01 Å². The van der Waals surface area contributed by atoms with E-state index in [9.17, 15) is 20.4 Å². The monoisotopic (exact) mass is 401 g/mol. The number of aliphatic hydroxyl groups excluding tert-OH is 5. The fourth-order valence-electron chi connectivity index (χ4n) is 2.01. The Bertz CT molecular complexity index is 727. The maximum absolute atomic E-state index is 9.83. The van der Waals surface area contributed by atoms with Gasteiger partial charge in [-0.3, -0.25) is 0 Å². The quantitative estimate of drug-likeness (QED) is 0.318. The van der Waals surface area contributed by atoms with Crippen molar-refractivity contribution in [3.05, 3.63) is 34.7 Å². The highest BCUT2D eigenvalue weighted by Crippen LogP contribution is 2.27. The van der Waals surface area contributed by atoms with E-state index >= 15 is 0 Å². The standard InChI is InChI=1S/C16H20ClN3O5S/c1-20(18-6-12(22)14(24)15(25)13(23)7-21)16-19-11(8-26-16)9-2-4-10(17)5-3-9/h2-6,8,12-15,21-25H,7H2,1H3/b18-6-/t12-,13+,14+,15-/m0/s1. The zero-order valence-electron chi connectivity index (χ0n) is 13.8. The van der Waals surface area contributed by atoms with Gasteiger partial charge in [0.2, 0.25) is 5.13 Å². The average molecular weight is 402 g/mol. The van der Waals surface area contributed by atoms with Gasteiger partial charge in [0.1, 0.15) is 24.4 Å². The first-order valence-corrected chi connectivity index (χ1v) is 8.91. The molecule has 5 N–H and O–H groups in total. The van der Waals surface area contributed by atoms with Crippen LogP contribution >= 0.6 is 22.9 Å². The van der Waals surface area contributed by atoms with Crippen LogP contribution in [0.2, 0.25) is 5.02 Å². The molecule has 2 aromatic rings. The molecule has 26 heavy (non-hydrogen) atoms. The summed E-state index contributed by atoms with van der Waals surface area (Å²) in [5.41, 5.74) is 1.64. The molecule has 0 saturated heterocycles. The molecule has 0 unspecified atom stereocenters. The highest BCUT2D eigenvalue weighted by Gasteiger charge is 2.29. The summed E-state index contributed by atoms with van der Waals surface area (Å²) in [6.07, 6.45) is -5.49. The maximum atomic E-state index is 9.83. The van der Waals surface area contributed by atoms with Crippen molar-refractivity contribution in [2.24, 2.45) is 5.10 Å². The van der Waals surface area contributed by atoms with Crippen molar-refractivity contribution in [2.45, 2.75) is 24.4 Å². The summed E-state index contributed by atoms with van der Waals surface area (Å²) in [4.78, 5) is 4.43. The Morgan fingerprint density at radius 2 is 1.85 bits per heavy atom. The van der Waals surface area contributed by atoms with Crippen LogP contribution in [0, 0.1) is 0 Å². The van der Waals surface area contributed by atoms with Gasteiger partial charge in [0.15, 0.2) is 0 Å². The number of hydrogen-bond donors (Lipinski definition) is 5. The molecule has 0 aliphatic rings. The van der Waals surface area contributed by atoms with Crippen molar-refractivity contribution >= 4 is 34.3 Å². The summed E-state index contributed by atoms with van der Waals surface area (Å²) in [6, 6.07) is 7.22. The Hall–Kier alpha value is -1.59. The molecule has 0 bridgehead atoms. The Morgan fingerprint density at radius 1 is 1.19 bits per heavy atom. The number of rotatable bonds is 8. The van der Waals surface area contributed by atoms with E-state index in [-0.39, 0.29) is 0 Å². The van der Waals surface area contributed by atoms with Gasteiger partial charge in [0.05, 0.1) is 18.5 Å². The molecule has 10 heteroatoms. The lowest BCUT2D eigenvalue weighted by atomic mass is 10.0. The molecule has 0 radical (unpaired) electrons. The van der Waals surface area contributed by atoms with Gasteiger partial charge in [-0.25, -0.2) is 9.99 Å². The van der Waals surface area contributed by atoms with Gasteiger partial charge in [0, 0.05) is 23.0 Å². The first-order chi connectivity index (χ1) is 12.3. The van der Waals surface area contributed by atoms with Gasteiger partial charge >= 0.3 is 0 Å². The summed E-state index contributed by atoms with van der Waals surface area (Å²) in [7, 11) is 1.61. The fraction of sp³-hybridized carbons (Fsp3) is 0.375. The van der Waals surface area contributed by atoms with E-state index in [0.29, 0.717) is 10.2 Å². The largest absolute Gasteiger partial charge is 0.394 e. The topological polar surface area (TPSA) is 130 Å². The van der Waals surface area contributed by atoms with E-state index in [4.69, 9.17) is 16.7 Å². The molecule has 2 rings (SSSR count). The first kappa shape index (κ1) is 20.7. The zero-order chi connectivity index (χ0) is 19.3. The lowest BCUT2D eigenvalue weighted by Crippen LogP contribution is -2.46. The second-order valence-electron chi connectivity index (χ2n) is 5.53. The molecule has 1 aromatic heterocycles. The fourth-order valence-corrected chi connectivity index (χ4v) is 2.89. The minimum atomic E-state index is -1.71. The predicted molar refractivity (Wildman–Crippen MR) is 101 cm³/mol. The van der Waals surface area contributed by atoms with E-state index < -0.39 is 31.0 Å². The Labute approximate surface area is 159 Å². The number of nitrogens with zero attached hydrogens (tertiary/aromatic N) is 3. The van der Waals surface area contributed by atoms with Gasteiger partial charge in [0.25, 0.3) is 0 Å². The van der Waals surface area contributed by atoms with Gasteiger partial charge in [-0.1, -0.05) is 23.7 Å². The smallest absolute Gasteiger partial charge is 0.206 e. The SMILES string of the molecule is CN(/N=C\[C@H](O)[C@@H](O)[C@@H](O)[C@H](O)CO)c1nc(-c2ccc(Cl)cc2)cs1. The second kappa shape index (κ2) is 9.38. The number of anilines is 1. The summed E-state index contributed by atoms with van der Waals surface area (Å²) in [5.74, 6) is 0. The van der Waals surface area contributed by atoms with E-state index in [1.54, 1.807) is 19.2 Å². The molecule has 1 heterocycles. The van der Waals surface area contributed by atoms with Crippen LogP contribution in [0.15, 0.2) is 34.7 Å². The van der Waals surface area contributed by atoms with Crippen LogP contribution in [0.3, 0.4) is 0 Å². The highest BCUT2D eigenvalue weighted by molar-refractivity contribution is 7.14.